The van der Waals surface area contributed by atoms with Crippen molar-refractivity contribution in [1.29, 1.82) is 0 Å². The molecule has 1 heterocycles. The summed E-state index contributed by atoms with van der Waals surface area (Å²) in [6, 6.07) is 5.83. The van der Waals surface area contributed by atoms with Gasteiger partial charge in [0.15, 0.2) is 0 Å². The highest BCUT2D eigenvalue weighted by Gasteiger charge is 2.34. The van der Waals surface area contributed by atoms with E-state index < -0.39 is 0 Å². The van der Waals surface area contributed by atoms with Crippen LogP contribution in [0.1, 0.15) is 63.1 Å². The van der Waals surface area contributed by atoms with Crippen LogP contribution >= 0.6 is 11.3 Å². The Morgan fingerprint density at radius 3 is 2.55 bits per heavy atom. The van der Waals surface area contributed by atoms with Crippen molar-refractivity contribution in [1.82, 2.24) is 5.32 Å². The first-order valence-electron chi connectivity index (χ1n) is 8.17. The van der Waals surface area contributed by atoms with E-state index in [0.717, 1.165) is 5.92 Å². The largest absolute Gasteiger partial charge is 0.311 e. The Morgan fingerprint density at radius 1 is 1.25 bits per heavy atom. The molecule has 2 rings (SSSR count). The summed E-state index contributed by atoms with van der Waals surface area (Å²) in [4.78, 5) is 2.95. The van der Waals surface area contributed by atoms with Crippen molar-refractivity contribution in [3.63, 3.8) is 0 Å². The van der Waals surface area contributed by atoms with Gasteiger partial charge in [-0.05, 0) is 56.6 Å². The van der Waals surface area contributed by atoms with Crippen molar-refractivity contribution in [2.24, 2.45) is 11.3 Å². The van der Waals surface area contributed by atoms with E-state index >= 15 is 0 Å². The summed E-state index contributed by atoms with van der Waals surface area (Å²) in [7, 11) is 0. The number of hydrogen-bond donors (Lipinski definition) is 1. The lowest BCUT2D eigenvalue weighted by Crippen LogP contribution is -2.48. The van der Waals surface area contributed by atoms with Gasteiger partial charge in [-0.1, -0.05) is 33.6 Å². The standard InChI is InChI=1S/C18H31NS/c1-13(12-15-11-10-14(2)20-15)19-17-9-7-6-8-16(17)18(3,4)5/h10-11,13,16-17,19H,6-9,12H2,1-5H3. The first kappa shape index (κ1) is 16.0. The van der Waals surface area contributed by atoms with Crippen LogP contribution in [-0.2, 0) is 6.42 Å². The van der Waals surface area contributed by atoms with Crippen LogP contribution < -0.4 is 5.32 Å². The highest BCUT2D eigenvalue weighted by atomic mass is 32.1. The summed E-state index contributed by atoms with van der Waals surface area (Å²) in [6.45, 7) is 11.8. The van der Waals surface area contributed by atoms with Crippen molar-refractivity contribution in [2.75, 3.05) is 0 Å². The second kappa shape index (κ2) is 6.62. The third kappa shape index (κ3) is 4.33. The minimum atomic E-state index is 0.428. The Kier molecular flexibility index (Phi) is 5.30. The molecule has 0 aromatic carbocycles. The third-order valence-electron chi connectivity index (χ3n) is 4.68. The number of nitrogens with one attached hydrogen (secondary N) is 1. The zero-order chi connectivity index (χ0) is 14.8. The zero-order valence-corrected chi connectivity index (χ0v) is 14.6. The maximum atomic E-state index is 3.94. The highest BCUT2D eigenvalue weighted by Crippen LogP contribution is 2.38. The summed E-state index contributed by atoms with van der Waals surface area (Å²) < 4.78 is 0. The van der Waals surface area contributed by atoms with Crippen LogP contribution in [0.2, 0.25) is 0 Å². The summed E-state index contributed by atoms with van der Waals surface area (Å²) in [5.74, 6) is 0.823. The zero-order valence-electron chi connectivity index (χ0n) is 13.8. The van der Waals surface area contributed by atoms with Gasteiger partial charge < -0.3 is 5.32 Å². The number of thiophene rings is 1. The molecule has 1 aliphatic carbocycles. The lowest BCUT2D eigenvalue weighted by molar-refractivity contribution is 0.124. The molecule has 1 saturated carbocycles. The van der Waals surface area contributed by atoms with Gasteiger partial charge in [0.05, 0.1) is 0 Å². The molecule has 20 heavy (non-hydrogen) atoms. The summed E-state index contributed by atoms with van der Waals surface area (Å²) in [5.41, 5.74) is 0.428. The van der Waals surface area contributed by atoms with E-state index in [2.05, 4.69) is 52.1 Å². The summed E-state index contributed by atoms with van der Waals surface area (Å²) in [6.07, 6.45) is 6.74. The average Bonchev–Trinajstić information content (AvgIpc) is 2.73. The molecule has 1 nitrogen and oxygen atoms in total. The Balaban J connectivity index is 1.92. The predicted octanol–water partition coefficient (Wildman–Crippen LogP) is 5.18. The smallest absolute Gasteiger partial charge is 0.0103 e. The van der Waals surface area contributed by atoms with Gasteiger partial charge in [0.2, 0.25) is 0 Å². The van der Waals surface area contributed by atoms with Gasteiger partial charge in [0.25, 0.3) is 0 Å². The van der Waals surface area contributed by atoms with E-state index in [9.17, 15) is 0 Å². The molecule has 1 aromatic rings. The lowest BCUT2D eigenvalue weighted by atomic mass is 9.69. The number of rotatable bonds is 4. The molecule has 1 N–H and O–H groups in total. The topological polar surface area (TPSA) is 12.0 Å². The van der Waals surface area contributed by atoms with E-state index in [0.29, 0.717) is 17.5 Å². The van der Waals surface area contributed by atoms with Gasteiger partial charge >= 0.3 is 0 Å². The van der Waals surface area contributed by atoms with E-state index in [1.165, 1.54) is 41.9 Å². The fourth-order valence-electron chi connectivity index (χ4n) is 3.69. The Labute approximate surface area is 129 Å². The van der Waals surface area contributed by atoms with E-state index in [1.54, 1.807) is 0 Å². The molecule has 1 aliphatic rings. The first-order valence-corrected chi connectivity index (χ1v) is 8.99. The Hall–Kier alpha value is -0.340. The molecule has 0 radical (unpaired) electrons. The minimum absolute atomic E-state index is 0.428. The van der Waals surface area contributed by atoms with Gasteiger partial charge in [-0.15, -0.1) is 11.3 Å². The van der Waals surface area contributed by atoms with Crippen LogP contribution in [0.3, 0.4) is 0 Å². The van der Waals surface area contributed by atoms with Crippen molar-refractivity contribution >= 4 is 11.3 Å². The molecule has 1 aromatic heterocycles. The van der Waals surface area contributed by atoms with E-state index in [1.807, 2.05) is 11.3 Å². The van der Waals surface area contributed by atoms with E-state index in [-0.39, 0.29) is 0 Å². The molecule has 0 amide bonds. The molecule has 3 atom stereocenters. The van der Waals surface area contributed by atoms with Crippen molar-refractivity contribution in [2.45, 2.75) is 78.8 Å². The van der Waals surface area contributed by atoms with Crippen molar-refractivity contribution in [3.8, 4) is 0 Å². The van der Waals surface area contributed by atoms with Crippen LogP contribution in [0.4, 0.5) is 0 Å². The normalized spacial score (nSPS) is 25.6. The SMILES string of the molecule is Cc1ccc(CC(C)NC2CCCCC2C(C)(C)C)s1. The molecule has 1 fully saturated rings. The van der Waals surface area contributed by atoms with Crippen LogP contribution in [0.15, 0.2) is 12.1 Å². The molecule has 3 unspecified atom stereocenters. The Morgan fingerprint density at radius 2 is 1.95 bits per heavy atom. The fraction of sp³-hybridized carbons (Fsp3) is 0.778. The molecule has 114 valence electrons. The molecule has 0 saturated heterocycles. The Bertz CT molecular complexity index is 415. The van der Waals surface area contributed by atoms with E-state index in [4.69, 9.17) is 0 Å². The molecule has 0 spiro atoms. The molecular weight excluding hydrogens is 262 g/mol. The molecular formula is C18H31NS. The van der Waals surface area contributed by atoms with Gasteiger partial charge in [-0.2, -0.15) is 0 Å². The maximum absolute atomic E-state index is 3.94. The van der Waals surface area contributed by atoms with Crippen LogP contribution in [0.25, 0.3) is 0 Å². The van der Waals surface area contributed by atoms with Gasteiger partial charge in [0.1, 0.15) is 0 Å². The average molecular weight is 294 g/mol. The predicted molar refractivity (Wildman–Crippen MR) is 90.6 cm³/mol. The van der Waals surface area contributed by atoms with Crippen molar-refractivity contribution < 1.29 is 0 Å². The molecule has 0 aliphatic heterocycles. The van der Waals surface area contributed by atoms with Crippen LogP contribution in [0, 0.1) is 18.3 Å². The van der Waals surface area contributed by atoms with Crippen LogP contribution in [0.5, 0.6) is 0 Å². The van der Waals surface area contributed by atoms with Gasteiger partial charge in [-0.3, -0.25) is 0 Å². The monoisotopic (exact) mass is 293 g/mol. The maximum Gasteiger partial charge on any atom is 0.0103 e. The lowest BCUT2D eigenvalue weighted by Gasteiger charge is -2.42. The fourth-order valence-corrected chi connectivity index (χ4v) is 4.71. The second-order valence-electron chi connectivity index (χ2n) is 7.65. The third-order valence-corrected chi connectivity index (χ3v) is 5.70. The van der Waals surface area contributed by atoms with Gasteiger partial charge in [0, 0.05) is 21.8 Å². The first-order chi connectivity index (χ1) is 9.36. The molecule has 2 heteroatoms. The quantitative estimate of drug-likeness (QED) is 0.806. The minimum Gasteiger partial charge on any atom is -0.311 e. The number of aryl methyl sites for hydroxylation is 1. The highest BCUT2D eigenvalue weighted by molar-refractivity contribution is 7.11. The van der Waals surface area contributed by atoms with Crippen LogP contribution in [-0.4, -0.2) is 12.1 Å². The molecule has 0 bridgehead atoms. The van der Waals surface area contributed by atoms with Crippen molar-refractivity contribution in [3.05, 3.63) is 21.9 Å². The summed E-state index contributed by atoms with van der Waals surface area (Å²) >= 11 is 1.94. The second-order valence-corrected chi connectivity index (χ2v) is 9.02. The summed E-state index contributed by atoms with van der Waals surface area (Å²) in [5, 5.41) is 3.94. The van der Waals surface area contributed by atoms with Gasteiger partial charge in [-0.25, -0.2) is 0 Å². The number of hydrogen-bond acceptors (Lipinski definition) is 2.